The molecule has 196 valence electrons. The highest BCUT2D eigenvalue weighted by Crippen LogP contribution is 2.29. The zero-order valence-electron chi connectivity index (χ0n) is 22.3. The minimum atomic E-state index is -0.981. The molecule has 2 unspecified atom stereocenters. The lowest BCUT2D eigenvalue weighted by Crippen LogP contribution is -2.51. The van der Waals surface area contributed by atoms with Crippen LogP contribution in [-0.2, 0) is 14.3 Å². The molecule has 36 heavy (non-hydrogen) atoms. The monoisotopic (exact) mass is 497 g/mol. The van der Waals surface area contributed by atoms with Crippen LogP contribution in [0.2, 0.25) is 0 Å². The smallest absolute Gasteiger partial charge is 0.408 e. The fourth-order valence-corrected chi connectivity index (χ4v) is 3.73. The van der Waals surface area contributed by atoms with Crippen LogP contribution in [0.1, 0.15) is 70.2 Å². The van der Waals surface area contributed by atoms with Gasteiger partial charge in [-0.2, -0.15) is 0 Å². The molecule has 0 aromatic heterocycles. The summed E-state index contributed by atoms with van der Waals surface area (Å²) in [7, 11) is 0. The van der Waals surface area contributed by atoms with Gasteiger partial charge in [-0.25, -0.2) is 4.79 Å². The molecule has 0 spiro atoms. The zero-order valence-corrected chi connectivity index (χ0v) is 22.3. The number of unbranched alkanes of at least 4 members (excludes halogenated alkanes) is 1. The Morgan fingerprint density at radius 3 is 2.31 bits per heavy atom. The van der Waals surface area contributed by atoms with Crippen LogP contribution in [0.3, 0.4) is 0 Å². The Kier molecular flexibility index (Phi) is 9.90. The number of hydrogen-bond acceptors (Lipinski definition) is 5. The number of para-hydroxylation sites is 1. The van der Waals surface area contributed by atoms with E-state index in [2.05, 4.69) is 10.6 Å². The van der Waals surface area contributed by atoms with Crippen molar-refractivity contribution in [2.75, 3.05) is 11.9 Å². The maximum atomic E-state index is 13.7. The average molecular weight is 498 g/mol. The second kappa shape index (κ2) is 12.4. The molecule has 0 bridgehead atoms. The molecule has 0 saturated carbocycles. The van der Waals surface area contributed by atoms with E-state index in [4.69, 9.17) is 4.74 Å². The van der Waals surface area contributed by atoms with Crippen molar-refractivity contribution in [2.24, 2.45) is 0 Å². The molecule has 0 saturated heterocycles. The number of rotatable bonds is 9. The summed E-state index contributed by atoms with van der Waals surface area (Å²) in [6.45, 7) is 12.7. The summed E-state index contributed by atoms with van der Waals surface area (Å²) in [5.41, 5.74) is 1.96. The van der Waals surface area contributed by atoms with E-state index in [9.17, 15) is 19.5 Å². The Balaban J connectivity index is 2.46. The molecule has 0 aliphatic rings. The van der Waals surface area contributed by atoms with Crippen molar-refractivity contribution < 1.29 is 24.2 Å². The molecule has 0 aliphatic heterocycles. The molecule has 8 nitrogen and oxygen atoms in total. The van der Waals surface area contributed by atoms with Gasteiger partial charge in [-0.05, 0) is 82.9 Å². The molecular weight excluding hydrogens is 458 g/mol. The Hall–Kier alpha value is -3.55. The lowest BCUT2D eigenvalue weighted by atomic mass is 9.99. The number of aromatic hydroxyl groups is 1. The van der Waals surface area contributed by atoms with Gasteiger partial charge in [-0.3, -0.25) is 9.59 Å². The van der Waals surface area contributed by atoms with Gasteiger partial charge in [0.25, 0.3) is 5.91 Å². The van der Waals surface area contributed by atoms with E-state index in [1.165, 1.54) is 11.0 Å². The minimum absolute atomic E-state index is 0.100. The van der Waals surface area contributed by atoms with Crippen LogP contribution in [0.4, 0.5) is 10.5 Å². The lowest BCUT2D eigenvalue weighted by molar-refractivity contribution is -0.140. The quantitative estimate of drug-likeness (QED) is 0.440. The number of anilines is 1. The van der Waals surface area contributed by atoms with Gasteiger partial charge < -0.3 is 25.4 Å². The van der Waals surface area contributed by atoms with Gasteiger partial charge in [0, 0.05) is 12.2 Å². The molecule has 0 fully saturated rings. The van der Waals surface area contributed by atoms with Gasteiger partial charge in [0.15, 0.2) is 0 Å². The van der Waals surface area contributed by atoms with Gasteiger partial charge in [-0.1, -0.05) is 37.6 Å². The number of benzene rings is 2. The number of phenols is 1. The molecule has 0 radical (unpaired) electrons. The summed E-state index contributed by atoms with van der Waals surface area (Å²) in [6.07, 6.45) is 0.759. The van der Waals surface area contributed by atoms with Gasteiger partial charge in [0.05, 0.1) is 0 Å². The standard InChI is InChI=1S/C28H39N3O5/c1-8-9-16-31(26(34)20(4)29-27(35)36-28(5,6)7)24(21-14-15-23(32)19(3)17-21)25(33)30-22-13-11-10-12-18(22)2/h10-15,17,20,24,32H,8-9,16H2,1-7H3,(H,29,35)(H,30,33). The van der Waals surface area contributed by atoms with E-state index in [0.29, 0.717) is 29.8 Å². The molecule has 0 heterocycles. The fourth-order valence-electron chi connectivity index (χ4n) is 3.73. The molecule has 2 aromatic carbocycles. The zero-order chi connectivity index (χ0) is 27.0. The van der Waals surface area contributed by atoms with Crippen LogP contribution < -0.4 is 10.6 Å². The van der Waals surface area contributed by atoms with E-state index < -0.39 is 29.7 Å². The summed E-state index contributed by atoms with van der Waals surface area (Å²) in [5.74, 6) is -0.698. The first kappa shape index (κ1) is 28.7. The van der Waals surface area contributed by atoms with Gasteiger partial charge in [-0.15, -0.1) is 0 Å². The van der Waals surface area contributed by atoms with Crippen LogP contribution in [0, 0.1) is 13.8 Å². The molecule has 8 heteroatoms. The van der Waals surface area contributed by atoms with Crippen molar-refractivity contribution in [3.05, 3.63) is 59.2 Å². The number of alkyl carbamates (subject to hydrolysis) is 1. The molecule has 3 amide bonds. The highest BCUT2D eigenvalue weighted by molar-refractivity contribution is 5.99. The summed E-state index contributed by atoms with van der Waals surface area (Å²) < 4.78 is 5.31. The van der Waals surface area contributed by atoms with E-state index in [-0.39, 0.29) is 11.7 Å². The second-order valence-electron chi connectivity index (χ2n) is 10.0. The maximum Gasteiger partial charge on any atom is 0.408 e. The Labute approximate surface area is 214 Å². The number of carbonyl (C=O) groups excluding carboxylic acids is 3. The third-order valence-corrected chi connectivity index (χ3v) is 5.64. The van der Waals surface area contributed by atoms with Crippen molar-refractivity contribution >= 4 is 23.6 Å². The normalized spacial score (nSPS) is 12.9. The predicted molar refractivity (Wildman–Crippen MR) is 141 cm³/mol. The van der Waals surface area contributed by atoms with Crippen molar-refractivity contribution in [1.29, 1.82) is 0 Å². The SMILES string of the molecule is CCCCN(C(=O)C(C)NC(=O)OC(C)(C)C)C(C(=O)Nc1ccccc1C)c1ccc(O)c(C)c1. The number of nitrogens with zero attached hydrogens (tertiary/aromatic N) is 1. The fraction of sp³-hybridized carbons (Fsp3) is 0.464. The molecular formula is C28H39N3O5. The van der Waals surface area contributed by atoms with Gasteiger partial charge in [0.2, 0.25) is 5.91 Å². The maximum absolute atomic E-state index is 13.7. The first-order valence-corrected chi connectivity index (χ1v) is 12.3. The number of amides is 3. The Morgan fingerprint density at radius 1 is 1.06 bits per heavy atom. The van der Waals surface area contributed by atoms with E-state index in [1.807, 2.05) is 32.0 Å². The van der Waals surface area contributed by atoms with Crippen LogP contribution in [-0.4, -0.2) is 46.1 Å². The average Bonchev–Trinajstić information content (AvgIpc) is 2.78. The van der Waals surface area contributed by atoms with Crippen molar-refractivity contribution in [3.8, 4) is 5.75 Å². The molecule has 0 aliphatic carbocycles. The molecule has 2 rings (SSSR count). The van der Waals surface area contributed by atoms with Crippen molar-refractivity contribution in [1.82, 2.24) is 10.2 Å². The number of ether oxygens (including phenoxy) is 1. The van der Waals surface area contributed by atoms with E-state index in [0.717, 1.165) is 12.0 Å². The molecule has 3 N–H and O–H groups in total. The van der Waals surface area contributed by atoms with E-state index in [1.54, 1.807) is 52.8 Å². The second-order valence-corrected chi connectivity index (χ2v) is 10.0. The topological polar surface area (TPSA) is 108 Å². The van der Waals surface area contributed by atoms with E-state index >= 15 is 0 Å². The van der Waals surface area contributed by atoms with Crippen molar-refractivity contribution in [2.45, 2.75) is 79.0 Å². The van der Waals surface area contributed by atoms with Crippen LogP contribution in [0.15, 0.2) is 42.5 Å². The molecule has 2 atom stereocenters. The van der Waals surface area contributed by atoms with Crippen LogP contribution >= 0.6 is 0 Å². The largest absolute Gasteiger partial charge is 0.508 e. The summed E-state index contributed by atoms with van der Waals surface area (Å²) >= 11 is 0. The summed E-state index contributed by atoms with van der Waals surface area (Å²) in [4.78, 5) is 41.2. The third-order valence-electron chi connectivity index (χ3n) is 5.64. The number of aryl methyl sites for hydroxylation is 2. The summed E-state index contributed by atoms with van der Waals surface area (Å²) in [6, 6.07) is 10.4. The van der Waals surface area contributed by atoms with Crippen LogP contribution in [0.25, 0.3) is 0 Å². The van der Waals surface area contributed by atoms with Crippen LogP contribution in [0.5, 0.6) is 5.75 Å². The Bertz CT molecular complexity index is 1080. The number of carbonyl (C=O) groups is 3. The highest BCUT2D eigenvalue weighted by atomic mass is 16.6. The summed E-state index contributed by atoms with van der Waals surface area (Å²) in [5, 5.41) is 15.6. The highest BCUT2D eigenvalue weighted by Gasteiger charge is 2.35. The number of nitrogens with one attached hydrogen (secondary N) is 2. The first-order valence-electron chi connectivity index (χ1n) is 12.3. The lowest BCUT2D eigenvalue weighted by Gasteiger charge is -2.34. The van der Waals surface area contributed by atoms with Crippen molar-refractivity contribution in [3.63, 3.8) is 0 Å². The molecule has 2 aromatic rings. The number of hydrogen-bond donors (Lipinski definition) is 3. The van der Waals surface area contributed by atoms with Gasteiger partial charge >= 0.3 is 6.09 Å². The first-order chi connectivity index (χ1) is 16.8. The van der Waals surface area contributed by atoms with Gasteiger partial charge in [0.1, 0.15) is 23.4 Å². The predicted octanol–water partition coefficient (Wildman–Crippen LogP) is 5.23. The Morgan fingerprint density at radius 2 is 1.72 bits per heavy atom. The third kappa shape index (κ3) is 8.00. The minimum Gasteiger partial charge on any atom is -0.508 e. The number of phenolic OH excluding ortho intramolecular Hbond substituents is 1.